The van der Waals surface area contributed by atoms with Crippen LogP contribution < -0.4 is 5.32 Å². The molecule has 2 unspecified atom stereocenters. The van der Waals surface area contributed by atoms with Gasteiger partial charge in [0.2, 0.25) is 0 Å². The van der Waals surface area contributed by atoms with Gasteiger partial charge in [-0.15, -0.1) is 0 Å². The number of rotatable bonds is 4. The van der Waals surface area contributed by atoms with Crippen LogP contribution in [0.3, 0.4) is 0 Å². The third-order valence-corrected chi connectivity index (χ3v) is 5.44. The lowest BCUT2D eigenvalue weighted by Crippen LogP contribution is -2.37. The standard InChI is InChI=1S/C14H27NS/c1-2-12-4-3-5-14(10-12)15-11-13-6-8-16-9-7-13/h12-15H,2-11H2,1H3. The van der Waals surface area contributed by atoms with Gasteiger partial charge >= 0.3 is 0 Å². The zero-order chi connectivity index (χ0) is 11.2. The maximum absolute atomic E-state index is 3.85. The van der Waals surface area contributed by atoms with Crippen LogP contribution in [-0.4, -0.2) is 24.1 Å². The van der Waals surface area contributed by atoms with Gasteiger partial charge in [-0.1, -0.05) is 26.2 Å². The Morgan fingerprint density at radius 1 is 1.06 bits per heavy atom. The maximum atomic E-state index is 3.85. The third kappa shape index (κ3) is 3.96. The van der Waals surface area contributed by atoms with Gasteiger partial charge in [0.15, 0.2) is 0 Å². The summed E-state index contributed by atoms with van der Waals surface area (Å²) in [6.07, 6.45) is 10.1. The van der Waals surface area contributed by atoms with Crippen molar-refractivity contribution in [2.45, 2.75) is 57.9 Å². The minimum atomic E-state index is 0.841. The van der Waals surface area contributed by atoms with Gasteiger partial charge in [-0.25, -0.2) is 0 Å². The number of nitrogens with one attached hydrogen (secondary N) is 1. The van der Waals surface area contributed by atoms with E-state index in [0.29, 0.717) is 0 Å². The fourth-order valence-corrected chi connectivity index (χ4v) is 4.34. The van der Waals surface area contributed by atoms with E-state index in [2.05, 4.69) is 24.0 Å². The molecule has 1 N–H and O–H groups in total. The third-order valence-electron chi connectivity index (χ3n) is 4.40. The summed E-state index contributed by atoms with van der Waals surface area (Å²) < 4.78 is 0. The predicted molar refractivity (Wildman–Crippen MR) is 74.1 cm³/mol. The summed E-state index contributed by atoms with van der Waals surface area (Å²) in [4.78, 5) is 0. The van der Waals surface area contributed by atoms with Gasteiger partial charge in [-0.05, 0) is 55.6 Å². The fourth-order valence-electron chi connectivity index (χ4n) is 3.13. The molecule has 1 aliphatic carbocycles. The van der Waals surface area contributed by atoms with Crippen molar-refractivity contribution in [2.24, 2.45) is 11.8 Å². The number of thioether (sulfide) groups is 1. The summed E-state index contributed by atoms with van der Waals surface area (Å²) in [5.74, 6) is 4.78. The van der Waals surface area contributed by atoms with Crippen LogP contribution in [0, 0.1) is 11.8 Å². The molecule has 0 aromatic rings. The Labute approximate surface area is 105 Å². The second-order valence-electron chi connectivity index (χ2n) is 5.60. The summed E-state index contributed by atoms with van der Waals surface area (Å²) in [6, 6.07) is 0.841. The van der Waals surface area contributed by atoms with E-state index in [4.69, 9.17) is 0 Å². The zero-order valence-electron chi connectivity index (χ0n) is 10.7. The lowest BCUT2D eigenvalue weighted by Gasteiger charge is -2.31. The molecule has 0 bridgehead atoms. The Balaban J connectivity index is 1.64. The molecule has 0 radical (unpaired) electrons. The van der Waals surface area contributed by atoms with E-state index in [1.807, 2.05) is 0 Å². The molecule has 2 aliphatic rings. The first-order chi connectivity index (χ1) is 7.88. The minimum Gasteiger partial charge on any atom is -0.314 e. The quantitative estimate of drug-likeness (QED) is 0.805. The Morgan fingerprint density at radius 2 is 1.88 bits per heavy atom. The monoisotopic (exact) mass is 241 g/mol. The van der Waals surface area contributed by atoms with Gasteiger partial charge in [-0.2, -0.15) is 11.8 Å². The van der Waals surface area contributed by atoms with Crippen LogP contribution in [0.4, 0.5) is 0 Å². The van der Waals surface area contributed by atoms with Crippen LogP contribution in [0.5, 0.6) is 0 Å². The van der Waals surface area contributed by atoms with E-state index >= 15 is 0 Å². The van der Waals surface area contributed by atoms with Gasteiger partial charge in [0.25, 0.3) is 0 Å². The fraction of sp³-hybridized carbons (Fsp3) is 1.00. The first-order valence-electron chi connectivity index (χ1n) is 7.19. The van der Waals surface area contributed by atoms with Crippen molar-refractivity contribution in [3.05, 3.63) is 0 Å². The Morgan fingerprint density at radius 3 is 2.62 bits per heavy atom. The second kappa shape index (κ2) is 6.90. The SMILES string of the molecule is CCC1CCCC(NCC2CCSCC2)C1. The molecule has 2 fully saturated rings. The lowest BCUT2D eigenvalue weighted by atomic mass is 9.84. The summed E-state index contributed by atoms with van der Waals surface area (Å²) >= 11 is 2.14. The molecule has 0 amide bonds. The Bertz CT molecular complexity index is 189. The van der Waals surface area contributed by atoms with E-state index in [0.717, 1.165) is 17.9 Å². The van der Waals surface area contributed by atoms with Crippen molar-refractivity contribution in [2.75, 3.05) is 18.1 Å². The van der Waals surface area contributed by atoms with Crippen LogP contribution in [0.1, 0.15) is 51.9 Å². The van der Waals surface area contributed by atoms with Crippen molar-refractivity contribution in [3.63, 3.8) is 0 Å². The molecule has 1 nitrogen and oxygen atoms in total. The topological polar surface area (TPSA) is 12.0 Å². The summed E-state index contributed by atoms with van der Waals surface area (Å²) in [7, 11) is 0. The van der Waals surface area contributed by atoms with Crippen molar-refractivity contribution < 1.29 is 0 Å². The predicted octanol–water partition coefficient (Wildman–Crippen LogP) is 3.69. The normalized spacial score (nSPS) is 32.8. The van der Waals surface area contributed by atoms with Crippen LogP contribution in [0.25, 0.3) is 0 Å². The molecule has 0 spiro atoms. The molecule has 2 atom stereocenters. The summed E-state index contributed by atoms with van der Waals surface area (Å²) in [5.41, 5.74) is 0. The largest absolute Gasteiger partial charge is 0.314 e. The summed E-state index contributed by atoms with van der Waals surface area (Å²) in [5, 5.41) is 3.85. The van der Waals surface area contributed by atoms with Gasteiger partial charge in [-0.3, -0.25) is 0 Å². The van der Waals surface area contributed by atoms with Gasteiger partial charge in [0.1, 0.15) is 0 Å². The van der Waals surface area contributed by atoms with Crippen LogP contribution >= 0.6 is 11.8 Å². The van der Waals surface area contributed by atoms with E-state index in [9.17, 15) is 0 Å². The molecule has 1 saturated carbocycles. The van der Waals surface area contributed by atoms with Crippen LogP contribution in [0.15, 0.2) is 0 Å². The maximum Gasteiger partial charge on any atom is 0.00698 e. The highest BCUT2D eigenvalue weighted by molar-refractivity contribution is 7.99. The highest BCUT2D eigenvalue weighted by Crippen LogP contribution is 2.27. The molecule has 1 aliphatic heterocycles. The molecule has 2 heteroatoms. The Kier molecular flexibility index (Phi) is 5.51. The highest BCUT2D eigenvalue weighted by atomic mass is 32.2. The van der Waals surface area contributed by atoms with Crippen molar-refractivity contribution >= 4 is 11.8 Å². The molecule has 94 valence electrons. The second-order valence-corrected chi connectivity index (χ2v) is 6.83. The van der Waals surface area contributed by atoms with Crippen molar-refractivity contribution in [1.29, 1.82) is 0 Å². The van der Waals surface area contributed by atoms with Crippen molar-refractivity contribution in [1.82, 2.24) is 5.32 Å². The van der Waals surface area contributed by atoms with E-state index in [1.54, 1.807) is 0 Å². The zero-order valence-corrected chi connectivity index (χ0v) is 11.5. The van der Waals surface area contributed by atoms with E-state index < -0.39 is 0 Å². The molecular weight excluding hydrogens is 214 g/mol. The van der Waals surface area contributed by atoms with E-state index in [-0.39, 0.29) is 0 Å². The average Bonchev–Trinajstić information content (AvgIpc) is 2.38. The minimum absolute atomic E-state index is 0.841. The number of hydrogen-bond acceptors (Lipinski definition) is 2. The molecule has 1 saturated heterocycles. The lowest BCUT2D eigenvalue weighted by molar-refractivity contribution is 0.267. The van der Waals surface area contributed by atoms with E-state index in [1.165, 1.54) is 63.0 Å². The molecule has 1 heterocycles. The van der Waals surface area contributed by atoms with Gasteiger partial charge in [0, 0.05) is 6.04 Å². The molecule has 16 heavy (non-hydrogen) atoms. The smallest absolute Gasteiger partial charge is 0.00698 e. The summed E-state index contributed by atoms with van der Waals surface area (Å²) in [6.45, 7) is 3.65. The highest BCUT2D eigenvalue weighted by Gasteiger charge is 2.21. The van der Waals surface area contributed by atoms with Crippen LogP contribution in [0.2, 0.25) is 0 Å². The first kappa shape index (κ1) is 12.8. The Hall–Kier alpha value is 0.310. The van der Waals surface area contributed by atoms with Crippen LogP contribution in [-0.2, 0) is 0 Å². The average molecular weight is 241 g/mol. The molecule has 0 aromatic carbocycles. The van der Waals surface area contributed by atoms with Crippen molar-refractivity contribution in [3.8, 4) is 0 Å². The molecular formula is C14H27NS. The number of hydrogen-bond donors (Lipinski definition) is 1. The van der Waals surface area contributed by atoms with Gasteiger partial charge < -0.3 is 5.32 Å². The first-order valence-corrected chi connectivity index (χ1v) is 8.35. The molecule has 0 aromatic heterocycles. The van der Waals surface area contributed by atoms with Gasteiger partial charge in [0.05, 0.1) is 0 Å². The molecule has 2 rings (SSSR count).